The number of sulfonamides is 1. The fourth-order valence-electron chi connectivity index (χ4n) is 2.83. The van der Waals surface area contributed by atoms with E-state index in [4.69, 9.17) is 21.5 Å². The van der Waals surface area contributed by atoms with Crippen LogP contribution in [0.15, 0.2) is 23.1 Å². The lowest BCUT2D eigenvalue weighted by Gasteiger charge is -2.29. The third-order valence-electron chi connectivity index (χ3n) is 4.28. The van der Waals surface area contributed by atoms with Crippen molar-refractivity contribution in [1.82, 2.24) is 5.32 Å². The standard InChI is InChI=1S/C16H21ClN2O5S/c1-10-4-2-3-5-14(10)19-15(20)9-24-16(21)12-8-11(25(18,22)23)6-7-13(12)17/h6-8,10,14H,2-5,9H2,1H3,(H,19,20)(H2,18,22,23)/t10-,14-/m1/s1. The monoisotopic (exact) mass is 388 g/mol. The Labute approximate surface area is 151 Å². The summed E-state index contributed by atoms with van der Waals surface area (Å²) in [7, 11) is -3.98. The lowest BCUT2D eigenvalue weighted by molar-refractivity contribution is -0.125. The maximum absolute atomic E-state index is 12.1. The minimum Gasteiger partial charge on any atom is -0.452 e. The van der Waals surface area contributed by atoms with E-state index >= 15 is 0 Å². The number of hydrogen-bond acceptors (Lipinski definition) is 5. The van der Waals surface area contributed by atoms with Gasteiger partial charge in [0.15, 0.2) is 6.61 Å². The van der Waals surface area contributed by atoms with Gasteiger partial charge in [-0.2, -0.15) is 0 Å². The predicted molar refractivity (Wildman–Crippen MR) is 92.7 cm³/mol. The zero-order valence-corrected chi connectivity index (χ0v) is 15.4. The molecular formula is C16H21ClN2O5S. The maximum Gasteiger partial charge on any atom is 0.340 e. The first-order valence-electron chi connectivity index (χ1n) is 7.97. The first-order chi connectivity index (χ1) is 11.7. The molecule has 0 saturated heterocycles. The lowest BCUT2D eigenvalue weighted by Crippen LogP contribution is -2.42. The first kappa shape index (κ1) is 19.7. The number of rotatable bonds is 5. The Morgan fingerprint density at radius 1 is 1.32 bits per heavy atom. The molecule has 0 radical (unpaired) electrons. The highest BCUT2D eigenvalue weighted by Crippen LogP contribution is 2.24. The third-order valence-corrected chi connectivity index (χ3v) is 5.52. The van der Waals surface area contributed by atoms with Gasteiger partial charge in [0.25, 0.3) is 5.91 Å². The minimum absolute atomic E-state index is 0.0127. The first-order valence-corrected chi connectivity index (χ1v) is 9.89. The number of carbonyl (C=O) groups is 2. The van der Waals surface area contributed by atoms with Crippen LogP contribution in [0.5, 0.6) is 0 Å². The molecule has 1 aliphatic rings. The van der Waals surface area contributed by atoms with Crippen molar-refractivity contribution in [3.8, 4) is 0 Å². The van der Waals surface area contributed by atoms with Crippen molar-refractivity contribution in [3.63, 3.8) is 0 Å². The van der Waals surface area contributed by atoms with Gasteiger partial charge in [-0.3, -0.25) is 4.79 Å². The molecule has 2 atom stereocenters. The summed E-state index contributed by atoms with van der Waals surface area (Å²) in [6.45, 7) is 1.62. The Balaban J connectivity index is 1.97. The highest BCUT2D eigenvalue weighted by Gasteiger charge is 2.23. The molecule has 3 N–H and O–H groups in total. The summed E-state index contributed by atoms with van der Waals surface area (Å²) in [5.74, 6) is -0.901. The van der Waals surface area contributed by atoms with Gasteiger partial charge in [0, 0.05) is 6.04 Å². The van der Waals surface area contributed by atoms with Crippen LogP contribution in [0.2, 0.25) is 5.02 Å². The zero-order chi connectivity index (χ0) is 18.6. The summed E-state index contributed by atoms with van der Waals surface area (Å²) < 4.78 is 27.7. The van der Waals surface area contributed by atoms with E-state index < -0.39 is 28.5 Å². The predicted octanol–water partition coefficient (Wildman–Crippen LogP) is 1.84. The summed E-state index contributed by atoms with van der Waals surface area (Å²) in [4.78, 5) is 23.8. The van der Waals surface area contributed by atoms with Crippen LogP contribution in [0.25, 0.3) is 0 Å². The Bertz CT molecular complexity index is 766. The largest absolute Gasteiger partial charge is 0.452 e. The van der Waals surface area contributed by atoms with Gasteiger partial charge in [-0.25, -0.2) is 18.4 Å². The molecule has 0 heterocycles. The normalized spacial score (nSPS) is 20.8. The van der Waals surface area contributed by atoms with Gasteiger partial charge in [-0.1, -0.05) is 31.4 Å². The Kier molecular flexibility index (Phi) is 6.42. The molecule has 0 bridgehead atoms. The van der Waals surface area contributed by atoms with Crippen molar-refractivity contribution in [2.24, 2.45) is 11.1 Å². The van der Waals surface area contributed by atoms with E-state index in [1.165, 1.54) is 12.1 Å². The molecule has 0 aliphatic heterocycles. The topological polar surface area (TPSA) is 116 Å². The van der Waals surface area contributed by atoms with Crippen molar-refractivity contribution >= 4 is 33.5 Å². The number of nitrogens with two attached hydrogens (primary N) is 1. The molecular weight excluding hydrogens is 368 g/mol. The molecule has 25 heavy (non-hydrogen) atoms. The van der Waals surface area contributed by atoms with E-state index in [2.05, 4.69) is 12.2 Å². The van der Waals surface area contributed by atoms with E-state index in [0.717, 1.165) is 31.7 Å². The number of amides is 1. The van der Waals surface area contributed by atoms with Crippen LogP contribution in [0.4, 0.5) is 0 Å². The van der Waals surface area contributed by atoms with Gasteiger partial charge >= 0.3 is 5.97 Å². The van der Waals surface area contributed by atoms with E-state index in [9.17, 15) is 18.0 Å². The Hall–Kier alpha value is -1.64. The molecule has 1 aliphatic carbocycles. The average Bonchev–Trinajstić information content (AvgIpc) is 2.54. The van der Waals surface area contributed by atoms with Crippen LogP contribution in [0.1, 0.15) is 43.0 Å². The second kappa shape index (κ2) is 8.16. The molecule has 138 valence electrons. The highest BCUT2D eigenvalue weighted by atomic mass is 35.5. The number of ether oxygens (including phenoxy) is 1. The summed E-state index contributed by atoms with van der Waals surface area (Å²) in [6.07, 6.45) is 4.18. The van der Waals surface area contributed by atoms with Crippen molar-refractivity contribution in [2.75, 3.05) is 6.61 Å². The van der Waals surface area contributed by atoms with E-state index in [0.29, 0.717) is 5.92 Å². The van der Waals surface area contributed by atoms with Crippen LogP contribution < -0.4 is 10.5 Å². The maximum atomic E-state index is 12.1. The molecule has 1 fully saturated rings. The van der Waals surface area contributed by atoms with Gasteiger partial charge in [-0.15, -0.1) is 0 Å². The molecule has 1 aromatic rings. The summed E-state index contributed by atoms with van der Waals surface area (Å²) in [5.41, 5.74) is -0.160. The second-order valence-corrected chi connectivity index (χ2v) is 8.17. The molecule has 1 aromatic carbocycles. The molecule has 1 amide bonds. The molecule has 0 aromatic heterocycles. The number of nitrogens with one attached hydrogen (secondary N) is 1. The molecule has 0 spiro atoms. The Morgan fingerprint density at radius 2 is 2.00 bits per heavy atom. The molecule has 7 nitrogen and oxygen atoms in total. The van der Waals surface area contributed by atoms with Crippen molar-refractivity contribution < 1.29 is 22.7 Å². The minimum atomic E-state index is -3.98. The van der Waals surface area contributed by atoms with Crippen LogP contribution in [-0.4, -0.2) is 32.9 Å². The molecule has 2 rings (SSSR count). The summed E-state index contributed by atoms with van der Waals surface area (Å²) >= 11 is 5.89. The quantitative estimate of drug-likeness (QED) is 0.746. The number of esters is 1. The summed E-state index contributed by atoms with van der Waals surface area (Å²) in [5, 5.41) is 7.90. The number of carbonyl (C=O) groups excluding carboxylic acids is 2. The van der Waals surface area contributed by atoms with Gasteiger partial charge < -0.3 is 10.1 Å². The van der Waals surface area contributed by atoms with Gasteiger partial charge in [0.1, 0.15) is 0 Å². The van der Waals surface area contributed by atoms with Gasteiger partial charge in [-0.05, 0) is 37.0 Å². The average molecular weight is 389 g/mol. The number of primary sulfonamides is 1. The van der Waals surface area contributed by atoms with Crippen molar-refractivity contribution in [3.05, 3.63) is 28.8 Å². The molecule has 9 heteroatoms. The number of halogens is 1. The zero-order valence-electron chi connectivity index (χ0n) is 13.8. The fraction of sp³-hybridized carbons (Fsp3) is 0.500. The van der Waals surface area contributed by atoms with E-state index in [1.807, 2.05) is 0 Å². The third kappa shape index (κ3) is 5.42. The number of hydrogen-bond donors (Lipinski definition) is 2. The van der Waals surface area contributed by atoms with Gasteiger partial charge in [0.05, 0.1) is 15.5 Å². The molecule has 0 unspecified atom stereocenters. The SMILES string of the molecule is C[C@@H]1CCCC[C@H]1NC(=O)COC(=O)c1cc(S(N)(=O)=O)ccc1Cl. The highest BCUT2D eigenvalue weighted by molar-refractivity contribution is 7.89. The summed E-state index contributed by atoms with van der Waals surface area (Å²) in [6, 6.07) is 3.53. The van der Waals surface area contributed by atoms with E-state index in [-0.39, 0.29) is 21.5 Å². The van der Waals surface area contributed by atoms with Crippen LogP contribution in [-0.2, 0) is 19.6 Å². The van der Waals surface area contributed by atoms with Crippen molar-refractivity contribution in [2.45, 2.75) is 43.5 Å². The van der Waals surface area contributed by atoms with Gasteiger partial charge in [0.2, 0.25) is 10.0 Å². The number of benzene rings is 1. The van der Waals surface area contributed by atoms with Crippen LogP contribution >= 0.6 is 11.6 Å². The fourth-order valence-corrected chi connectivity index (χ4v) is 3.56. The second-order valence-electron chi connectivity index (χ2n) is 6.20. The van der Waals surface area contributed by atoms with E-state index in [1.54, 1.807) is 0 Å². The van der Waals surface area contributed by atoms with Crippen LogP contribution in [0.3, 0.4) is 0 Å². The smallest absolute Gasteiger partial charge is 0.340 e. The lowest BCUT2D eigenvalue weighted by atomic mass is 9.86. The van der Waals surface area contributed by atoms with Crippen LogP contribution in [0, 0.1) is 5.92 Å². The Morgan fingerprint density at radius 3 is 2.64 bits per heavy atom. The molecule has 1 saturated carbocycles. The van der Waals surface area contributed by atoms with Crippen molar-refractivity contribution in [1.29, 1.82) is 0 Å².